The Morgan fingerprint density at radius 2 is 1.86 bits per heavy atom. The Labute approximate surface area is 128 Å². The van der Waals surface area contributed by atoms with E-state index in [-0.39, 0.29) is 24.8 Å². The Balaban J connectivity index is 2.62. The highest BCUT2D eigenvalue weighted by molar-refractivity contribution is 7.21. The van der Waals surface area contributed by atoms with Crippen LogP contribution >= 0.6 is 8.86 Å². The van der Waals surface area contributed by atoms with E-state index in [0.29, 0.717) is 13.2 Å². The van der Waals surface area contributed by atoms with Gasteiger partial charge in [0, 0.05) is 25.1 Å². The molecule has 0 saturated carbocycles. The van der Waals surface area contributed by atoms with Gasteiger partial charge in [-0.2, -0.15) is 0 Å². The monoisotopic (exact) mass is 316 g/mol. The number of carbonyl (C=O) groups is 2. The Hall–Kier alpha value is -0.970. The Morgan fingerprint density at radius 3 is 2.43 bits per heavy atom. The summed E-state index contributed by atoms with van der Waals surface area (Å²) in [5.74, 6) is -0.532. The van der Waals surface area contributed by atoms with Crippen molar-refractivity contribution in [3.05, 3.63) is 0 Å². The molecule has 0 aliphatic carbocycles. The number of hydrogen-bond acceptors (Lipinski definition) is 5. The molecule has 1 rings (SSSR count). The zero-order valence-corrected chi connectivity index (χ0v) is 13.9. The molecule has 120 valence electrons. The third kappa shape index (κ3) is 6.55. The number of hydrazine groups is 1. The van der Waals surface area contributed by atoms with Crippen LogP contribution in [0.25, 0.3) is 0 Å². The van der Waals surface area contributed by atoms with Gasteiger partial charge in [-0.3, -0.25) is 9.59 Å². The summed E-state index contributed by atoms with van der Waals surface area (Å²) in [5, 5.41) is 4.14. The summed E-state index contributed by atoms with van der Waals surface area (Å²) in [7, 11) is 4.91. The predicted octanol–water partition coefficient (Wildman–Crippen LogP) is 1.48. The fraction of sp³-hybridized carbons (Fsp3) is 0.786. The van der Waals surface area contributed by atoms with Crippen LogP contribution in [0, 0.1) is 0 Å². The summed E-state index contributed by atoms with van der Waals surface area (Å²) < 4.78 is 9.66. The van der Waals surface area contributed by atoms with Gasteiger partial charge >= 0.3 is 11.9 Å². The number of nitrogens with zero attached hydrogens (tertiary/aromatic N) is 2. The molecule has 0 aromatic heterocycles. The van der Waals surface area contributed by atoms with E-state index in [0.717, 1.165) is 31.3 Å². The number of rotatable bonds is 8. The normalized spacial score (nSPS) is 15.8. The van der Waals surface area contributed by atoms with E-state index in [1.54, 1.807) is 6.92 Å². The van der Waals surface area contributed by atoms with Gasteiger partial charge in [0.05, 0.1) is 26.6 Å². The maximum atomic E-state index is 11.6. The Morgan fingerprint density at radius 1 is 1.19 bits per heavy atom. The van der Waals surface area contributed by atoms with E-state index < -0.39 is 0 Å². The van der Waals surface area contributed by atoms with Crippen LogP contribution < -0.4 is 0 Å². The van der Waals surface area contributed by atoms with Crippen LogP contribution in [0.3, 0.4) is 0 Å². The Kier molecular flexibility index (Phi) is 8.50. The third-order valence-corrected chi connectivity index (χ3v) is 3.79. The first-order chi connectivity index (χ1) is 10.1. The largest absolute Gasteiger partial charge is 0.469 e. The molecule has 1 heterocycles. The average molecular weight is 316 g/mol. The summed E-state index contributed by atoms with van der Waals surface area (Å²) in [4.78, 5) is 23.0. The van der Waals surface area contributed by atoms with Crippen LogP contribution in [0.15, 0.2) is 0 Å². The van der Waals surface area contributed by atoms with Crippen LogP contribution in [0.4, 0.5) is 0 Å². The molecule has 0 atom stereocenters. The van der Waals surface area contributed by atoms with E-state index in [9.17, 15) is 9.59 Å². The van der Waals surface area contributed by atoms with Crippen LogP contribution in [0.2, 0.25) is 0 Å². The highest BCUT2D eigenvalue weighted by Gasteiger charge is 2.23. The summed E-state index contributed by atoms with van der Waals surface area (Å²) in [6.07, 6.45) is 3.91. The average Bonchev–Trinajstić information content (AvgIpc) is 2.48. The maximum absolute atomic E-state index is 11.6. The lowest BCUT2D eigenvalue weighted by molar-refractivity contribution is -0.141. The molecular weight excluding hydrogens is 291 g/mol. The summed E-state index contributed by atoms with van der Waals surface area (Å²) in [6.45, 7) is 4.50. The first kappa shape index (κ1) is 18.1. The van der Waals surface area contributed by atoms with Gasteiger partial charge in [-0.25, -0.2) is 10.0 Å². The van der Waals surface area contributed by atoms with Gasteiger partial charge in [-0.15, -0.1) is 8.86 Å². The molecule has 6 nitrogen and oxygen atoms in total. The molecule has 1 aliphatic rings. The smallest absolute Gasteiger partial charge is 0.311 e. The molecule has 0 radical (unpaired) electrons. The van der Waals surface area contributed by atoms with Crippen molar-refractivity contribution in [3.8, 4) is 0 Å². The molecule has 0 amide bonds. The van der Waals surface area contributed by atoms with E-state index in [2.05, 4.69) is 18.6 Å². The first-order valence-electron chi connectivity index (χ1n) is 7.40. The van der Waals surface area contributed by atoms with Crippen molar-refractivity contribution in [2.45, 2.75) is 39.0 Å². The zero-order valence-electron chi connectivity index (χ0n) is 12.9. The second-order valence-corrected chi connectivity index (χ2v) is 5.47. The van der Waals surface area contributed by atoms with Crippen LogP contribution in [-0.4, -0.2) is 60.7 Å². The van der Waals surface area contributed by atoms with Crippen molar-refractivity contribution in [1.82, 2.24) is 10.0 Å². The number of carbonyl (C=O) groups excluding carboxylic acids is 2. The van der Waals surface area contributed by atoms with E-state index in [1.807, 2.05) is 5.01 Å². The van der Waals surface area contributed by atoms with E-state index in [4.69, 9.17) is 4.74 Å². The van der Waals surface area contributed by atoms with Crippen LogP contribution in [0.5, 0.6) is 0 Å². The lowest BCUT2D eigenvalue weighted by Crippen LogP contribution is -2.49. The van der Waals surface area contributed by atoms with Crippen molar-refractivity contribution in [2.24, 2.45) is 0 Å². The van der Waals surface area contributed by atoms with Crippen molar-refractivity contribution < 1.29 is 19.1 Å². The number of ether oxygens (including phenoxy) is 2. The zero-order chi connectivity index (χ0) is 15.7. The first-order valence-corrected chi connectivity index (χ1v) is 7.90. The van der Waals surface area contributed by atoms with E-state index >= 15 is 0 Å². The minimum atomic E-state index is -0.275. The number of hydrogen-bond donors (Lipinski definition) is 0. The lowest BCUT2D eigenvalue weighted by Gasteiger charge is -2.37. The minimum Gasteiger partial charge on any atom is -0.469 e. The SMILES string of the molecule is CCOC(=O)CC(=P)N(CCC(=O)OC)N1CCCCC1. The summed E-state index contributed by atoms with van der Waals surface area (Å²) >= 11 is 0. The fourth-order valence-corrected chi connectivity index (χ4v) is 2.70. The van der Waals surface area contributed by atoms with Gasteiger partial charge in [0.15, 0.2) is 0 Å². The highest BCUT2D eigenvalue weighted by Crippen LogP contribution is 2.15. The molecule has 1 saturated heterocycles. The summed E-state index contributed by atoms with van der Waals surface area (Å²) in [6, 6.07) is 0. The predicted molar refractivity (Wildman–Crippen MR) is 83.3 cm³/mol. The topological polar surface area (TPSA) is 59.1 Å². The van der Waals surface area contributed by atoms with Crippen molar-refractivity contribution >= 4 is 26.2 Å². The maximum Gasteiger partial charge on any atom is 0.311 e. The second kappa shape index (κ2) is 9.87. The Bertz CT molecular complexity index is 370. The fourth-order valence-electron chi connectivity index (χ4n) is 2.30. The molecule has 21 heavy (non-hydrogen) atoms. The molecule has 0 bridgehead atoms. The highest BCUT2D eigenvalue weighted by atomic mass is 31.0. The van der Waals surface area contributed by atoms with Gasteiger partial charge in [-0.1, -0.05) is 6.42 Å². The van der Waals surface area contributed by atoms with Crippen LogP contribution in [-0.2, 0) is 19.1 Å². The third-order valence-electron chi connectivity index (χ3n) is 3.36. The lowest BCUT2D eigenvalue weighted by atomic mass is 10.1. The minimum absolute atomic E-state index is 0.169. The van der Waals surface area contributed by atoms with Gasteiger partial charge < -0.3 is 9.47 Å². The molecule has 0 aromatic rings. The van der Waals surface area contributed by atoms with E-state index in [1.165, 1.54) is 13.5 Å². The van der Waals surface area contributed by atoms with Gasteiger partial charge in [0.25, 0.3) is 0 Å². The van der Waals surface area contributed by atoms with Gasteiger partial charge in [0.1, 0.15) is 0 Å². The van der Waals surface area contributed by atoms with Crippen molar-refractivity contribution in [1.29, 1.82) is 0 Å². The molecular formula is C14H25N2O4P. The molecule has 7 heteroatoms. The van der Waals surface area contributed by atoms with Crippen molar-refractivity contribution in [2.75, 3.05) is 33.4 Å². The molecule has 1 aliphatic heterocycles. The molecule has 0 N–H and O–H groups in total. The van der Waals surface area contributed by atoms with Gasteiger partial charge in [0.2, 0.25) is 0 Å². The van der Waals surface area contributed by atoms with Crippen molar-refractivity contribution in [3.63, 3.8) is 0 Å². The quantitative estimate of drug-likeness (QED) is 0.499. The number of piperidine rings is 1. The molecule has 0 spiro atoms. The van der Waals surface area contributed by atoms with Gasteiger partial charge in [-0.05, 0) is 19.8 Å². The summed E-state index contributed by atoms with van der Waals surface area (Å²) in [5.41, 5.74) is 0.722. The molecule has 0 aromatic carbocycles. The molecule has 0 unspecified atom stereocenters. The number of esters is 2. The molecule has 1 fully saturated rings. The van der Waals surface area contributed by atoms with Crippen LogP contribution in [0.1, 0.15) is 39.0 Å². The number of methoxy groups -OCH3 is 1. The standard InChI is InChI=1S/C14H25N2O4P/c1-3-20-14(18)11-12(21)16(10-7-13(17)19-2)15-8-5-4-6-9-15/h21H,3-11H2,1-2H3. The second-order valence-electron chi connectivity index (χ2n) is 4.89.